The molecule has 1 unspecified atom stereocenters. The predicted molar refractivity (Wildman–Crippen MR) is 85.7 cm³/mol. The van der Waals surface area contributed by atoms with Gasteiger partial charge in [0.15, 0.2) is 6.04 Å². The fourth-order valence-corrected chi connectivity index (χ4v) is 2.28. The van der Waals surface area contributed by atoms with Gasteiger partial charge in [0, 0.05) is 10.7 Å². The van der Waals surface area contributed by atoms with E-state index in [1.807, 2.05) is 44.2 Å². The van der Waals surface area contributed by atoms with Crippen molar-refractivity contribution in [2.45, 2.75) is 19.9 Å². The van der Waals surface area contributed by atoms with Crippen LogP contribution in [0, 0.1) is 13.8 Å². The molecule has 2 aromatic rings. The molecule has 0 saturated carbocycles. The van der Waals surface area contributed by atoms with E-state index in [9.17, 15) is 4.79 Å². The Labute approximate surface area is 129 Å². The number of carbonyl (C=O) groups is 1. The van der Waals surface area contributed by atoms with E-state index >= 15 is 0 Å². The van der Waals surface area contributed by atoms with Crippen molar-refractivity contribution in [2.24, 2.45) is 0 Å². The molecule has 2 rings (SSSR count). The van der Waals surface area contributed by atoms with Crippen LogP contribution >= 0.6 is 11.6 Å². The summed E-state index contributed by atoms with van der Waals surface area (Å²) in [7, 11) is 1.38. The third-order valence-electron chi connectivity index (χ3n) is 3.44. The minimum atomic E-state index is -0.562. The lowest BCUT2D eigenvalue weighted by Gasteiger charge is -2.19. The highest BCUT2D eigenvalue weighted by atomic mass is 35.5. The molecule has 1 atom stereocenters. The van der Waals surface area contributed by atoms with Crippen LogP contribution < -0.4 is 5.32 Å². The third-order valence-corrected chi connectivity index (χ3v) is 3.67. The normalized spacial score (nSPS) is 11.8. The fourth-order valence-electron chi connectivity index (χ4n) is 2.09. The topological polar surface area (TPSA) is 38.3 Å². The quantitative estimate of drug-likeness (QED) is 0.857. The number of halogens is 1. The SMILES string of the molecule is COC(=O)C(Nc1cccc(Cl)c1)c1ccc(C)c(C)c1. The van der Waals surface area contributed by atoms with Crippen LogP contribution in [0.15, 0.2) is 42.5 Å². The smallest absolute Gasteiger partial charge is 0.332 e. The molecule has 1 N–H and O–H groups in total. The second-order valence-electron chi connectivity index (χ2n) is 4.95. The Morgan fingerprint density at radius 3 is 2.52 bits per heavy atom. The second kappa shape index (κ2) is 6.64. The maximum atomic E-state index is 12.1. The van der Waals surface area contributed by atoms with Gasteiger partial charge < -0.3 is 10.1 Å². The average molecular weight is 304 g/mol. The number of rotatable bonds is 4. The molecular weight excluding hydrogens is 286 g/mol. The summed E-state index contributed by atoms with van der Waals surface area (Å²) in [5.41, 5.74) is 3.96. The number of hydrogen-bond donors (Lipinski definition) is 1. The minimum Gasteiger partial charge on any atom is -0.467 e. The maximum Gasteiger partial charge on any atom is 0.332 e. The molecule has 0 heterocycles. The van der Waals surface area contributed by atoms with Gasteiger partial charge in [-0.1, -0.05) is 35.9 Å². The van der Waals surface area contributed by atoms with Crippen LogP contribution in [0.4, 0.5) is 5.69 Å². The maximum absolute atomic E-state index is 12.1. The summed E-state index contributed by atoms with van der Waals surface area (Å²) in [6.07, 6.45) is 0. The molecule has 3 nitrogen and oxygen atoms in total. The number of nitrogens with one attached hydrogen (secondary N) is 1. The third kappa shape index (κ3) is 3.76. The van der Waals surface area contributed by atoms with Crippen LogP contribution in [0.25, 0.3) is 0 Å². The Morgan fingerprint density at radius 2 is 1.90 bits per heavy atom. The molecule has 21 heavy (non-hydrogen) atoms. The zero-order chi connectivity index (χ0) is 15.4. The lowest BCUT2D eigenvalue weighted by atomic mass is 10.0. The van der Waals surface area contributed by atoms with E-state index in [1.165, 1.54) is 12.7 Å². The van der Waals surface area contributed by atoms with Gasteiger partial charge in [-0.15, -0.1) is 0 Å². The lowest BCUT2D eigenvalue weighted by Crippen LogP contribution is -2.22. The van der Waals surface area contributed by atoms with Crippen LogP contribution in [0.1, 0.15) is 22.7 Å². The molecule has 4 heteroatoms. The van der Waals surface area contributed by atoms with Crippen molar-refractivity contribution in [3.8, 4) is 0 Å². The number of anilines is 1. The molecule has 0 fully saturated rings. The van der Waals surface area contributed by atoms with E-state index in [0.717, 1.165) is 16.8 Å². The van der Waals surface area contributed by atoms with E-state index in [4.69, 9.17) is 16.3 Å². The Hall–Kier alpha value is -2.00. The first kappa shape index (κ1) is 15.4. The Balaban J connectivity index is 2.34. The second-order valence-corrected chi connectivity index (χ2v) is 5.39. The lowest BCUT2D eigenvalue weighted by molar-refractivity contribution is -0.141. The molecule has 0 saturated heterocycles. The van der Waals surface area contributed by atoms with Crippen LogP contribution in [-0.4, -0.2) is 13.1 Å². The molecular formula is C17H18ClNO2. The van der Waals surface area contributed by atoms with Crippen molar-refractivity contribution in [3.05, 3.63) is 64.2 Å². The number of methoxy groups -OCH3 is 1. The van der Waals surface area contributed by atoms with Gasteiger partial charge in [0.25, 0.3) is 0 Å². The molecule has 110 valence electrons. The zero-order valence-corrected chi connectivity index (χ0v) is 13.1. The van der Waals surface area contributed by atoms with Crippen molar-refractivity contribution in [1.82, 2.24) is 0 Å². The van der Waals surface area contributed by atoms with E-state index in [-0.39, 0.29) is 5.97 Å². The average Bonchev–Trinajstić information content (AvgIpc) is 2.47. The Kier molecular flexibility index (Phi) is 4.86. The van der Waals surface area contributed by atoms with E-state index in [2.05, 4.69) is 5.32 Å². The monoisotopic (exact) mass is 303 g/mol. The number of hydrogen-bond acceptors (Lipinski definition) is 3. The molecule has 0 aromatic heterocycles. The summed E-state index contributed by atoms with van der Waals surface area (Å²) >= 11 is 5.98. The van der Waals surface area contributed by atoms with Gasteiger partial charge in [0.1, 0.15) is 0 Å². The summed E-state index contributed by atoms with van der Waals surface area (Å²) in [4.78, 5) is 12.1. The first-order valence-corrected chi connectivity index (χ1v) is 7.06. The van der Waals surface area contributed by atoms with E-state index < -0.39 is 6.04 Å². The number of aryl methyl sites for hydroxylation is 2. The first-order valence-electron chi connectivity index (χ1n) is 6.68. The fraction of sp³-hybridized carbons (Fsp3) is 0.235. The number of benzene rings is 2. The summed E-state index contributed by atoms with van der Waals surface area (Å²) in [6.45, 7) is 4.06. The van der Waals surface area contributed by atoms with Gasteiger partial charge in [0.05, 0.1) is 7.11 Å². The van der Waals surface area contributed by atoms with Gasteiger partial charge in [-0.2, -0.15) is 0 Å². The van der Waals surface area contributed by atoms with Crippen molar-refractivity contribution in [1.29, 1.82) is 0 Å². The van der Waals surface area contributed by atoms with Crippen molar-refractivity contribution in [3.63, 3.8) is 0 Å². The molecule has 0 amide bonds. The van der Waals surface area contributed by atoms with Crippen molar-refractivity contribution < 1.29 is 9.53 Å². The van der Waals surface area contributed by atoms with E-state index in [0.29, 0.717) is 5.02 Å². The zero-order valence-electron chi connectivity index (χ0n) is 12.3. The highest BCUT2D eigenvalue weighted by molar-refractivity contribution is 6.30. The number of esters is 1. The number of ether oxygens (including phenoxy) is 1. The van der Waals surface area contributed by atoms with Crippen molar-refractivity contribution >= 4 is 23.3 Å². The summed E-state index contributed by atoms with van der Waals surface area (Å²) in [5, 5.41) is 3.79. The molecule has 0 aliphatic heterocycles. The Morgan fingerprint density at radius 1 is 1.14 bits per heavy atom. The van der Waals surface area contributed by atoms with Crippen LogP contribution in [0.3, 0.4) is 0 Å². The predicted octanol–water partition coefficient (Wildman–Crippen LogP) is 4.28. The number of carbonyl (C=O) groups excluding carboxylic acids is 1. The Bertz CT molecular complexity index is 655. The van der Waals surface area contributed by atoms with Gasteiger partial charge >= 0.3 is 5.97 Å². The highest BCUT2D eigenvalue weighted by Gasteiger charge is 2.21. The minimum absolute atomic E-state index is 0.335. The standard InChI is InChI=1S/C17H18ClNO2/c1-11-7-8-13(9-12(11)2)16(17(20)21-3)19-15-6-4-5-14(18)10-15/h4-10,16,19H,1-3H3. The van der Waals surface area contributed by atoms with Gasteiger partial charge in [0.2, 0.25) is 0 Å². The van der Waals surface area contributed by atoms with Crippen LogP contribution in [0.2, 0.25) is 5.02 Å². The molecule has 0 spiro atoms. The first-order chi connectivity index (χ1) is 10.0. The van der Waals surface area contributed by atoms with E-state index in [1.54, 1.807) is 12.1 Å². The molecule has 0 radical (unpaired) electrons. The highest BCUT2D eigenvalue weighted by Crippen LogP contribution is 2.24. The summed E-state index contributed by atoms with van der Waals surface area (Å²) < 4.78 is 4.90. The summed E-state index contributed by atoms with van der Waals surface area (Å²) in [5.74, 6) is -0.335. The van der Waals surface area contributed by atoms with Gasteiger partial charge in [-0.05, 0) is 48.7 Å². The molecule has 0 bridgehead atoms. The van der Waals surface area contributed by atoms with Gasteiger partial charge in [-0.3, -0.25) is 0 Å². The molecule has 0 aliphatic carbocycles. The largest absolute Gasteiger partial charge is 0.467 e. The van der Waals surface area contributed by atoms with Crippen LogP contribution in [-0.2, 0) is 9.53 Å². The summed E-state index contributed by atoms with van der Waals surface area (Å²) in [6, 6.07) is 12.6. The van der Waals surface area contributed by atoms with Gasteiger partial charge in [-0.25, -0.2) is 4.79 Å². The molecule has 0 aliphatic rings. The van der Waals surface area contributed by atoms with Crippen LogP contribution in [0.5, 0.6) is 0 Å². The van der Waals surface area contributed by atoms with Crippen molar-refractivity contribution in [2.75, 3.05) is 12.4 Å². The molecule has 2 aromatic carbocycles.